The zero-order chi connectivity index (χ0) is 12.8. The van der Waals surface area contributed by atoms with Crippen molar-refractivity contribution in [3.63, 3.8) is 0 Å². The molecule has 0 aliphatic rings. The lowest BCUT2D eigenvalue weighted by molar-refractivity contribution is -0.121. The van der Waals surface area contributed by atoms with Gasteiger partial charge in [-0.2, -0.15) is 4.98 Å². The molecule has 0 aliphatic heterocycles. The molecule has 0 aliphatic carbocycles. The second-order valence-electron chi connectivity index (χ2n) is 3.58. The molecule has 6 heteroatoms. The van der Waals surface area contributed by atoms with E-state index in [4.69, 9.17) is 4.74 Å². The number of anilines is 1. The van der Waals surface area contributed by atoms with Gasteiger partial charge in [0.1, 0.15) is 6.04 Å². The molecular weight excluding hydrogens is 220 g/mol. The molecule has 1 rings (SSSR count). The number of amides is 1. The van der Waals surface area contributed by atoms with Crippen LogP contribution in [0.2, 0.25) is 0 Å². The topological polar surface area (TPSA) is 76.1 Å². The minimum Gasteiger partial charge on any atom is -0.478 e. The predicted molar refractivity (Wildman–Crippen MR) is 65.1 cm³/mol. The highest BCUT2D eigenvalue weighted by molar-refractivity contribution is 5.83. The Kier molecular flexibility index (Phi) is 4.68. The first-order chi connectivity index (χ1) is 8.06. The van der Waals surface area contributed by atoms with E-state index in [-0.39, 0.29) is 5.91 Å². The number of hydrogen-bond donors (Lipinski definition) is 2. The third-order valence-electron chi connectivity index (χ3n) is 2.11. The van der Waals surface area contributed by atoms with Crippen LogP contribution in [-0.4, -0.2) is 35.6 Å². The minimum atomic E-state index is -0.392. The van der Waals surface area contributed by atoms with E-state index in [1.807, 2.05) is 13.8 Å². The van der Waals surface area contributed by atoms with E-state index in [2.05, 4.69) is 20.6 Å². The van der Waals surface area contributed by atoms with Crippen molar-refractivity contribution in [1.82, 2.24) is 15.3 Å². The number of aromatic nitrogens is 2. The van der Waals surface area contributed by atoms with Gasteiger partial charge in [0.25, 0.3) is 0 Å². The highest BCUT2D eigenvalue weighted by Crippen LogP contribution is 2.12. The molecule has 0 aromatic carbocycles. The van der Waals surface area contributed by atoms with E-state index in [1.165, 1.54) is 0 Å². The van der Waals surface area contributed by atoms with Crippen LogP contribution in [-0.2, 0) is 4.79 Å². The van der Waals surface area contributed by atoms with Crippen LogP contribution in [0.3, 0.4) is 0 Å². The third-order valence-corrected chi connectivity index (χ3v) is 2.11. The molecule has 1 unspecified atom stereocenters. The van der Waals surface area contributed by atoms with Crippen LogP contribution in [0.1, 0.15) is 19.5 Å². The Morgan fingerprint density at radius 3 is 2.82 bits per heavy atom. The number of nitrogens with one attached hydrogen (secondary N) is 2. The highest BCUT2D eigenvalue weighted by atomic mass is 16.5. The van der Waals surface area contributed by atoms with Gasteiger partial charge in [-0.05, 0) is 20.8 Å². The summed E-state index contributed by atoms with van der Waals surface area (Å²) in [4.78, 5) is 19.7. The van der Waals surface area contributed by atoms with Gasteiger partial charge in [0.2, 0.25) is 17.7 Å². The minimum absolute atomic E-state index is 0.118. The largest absolute Gasteiger partial charge is 0.478 e. The average Bonchev–Trinajstić information content (AvgIpc) is 2.27. The van der Waals surface area contributed by atoms with Gasteiger partial charge < -0.3 is 15.4 Å². The highest BCUT2D eigenvalue weighted by Gasteiger charge is 2.12. The monoisotopic (exact) mass is 238 g/mol. The Hall–Kier alpha value is -1.85. The summed E-state index contributed by atoms with van der Waals surface area (Å²) in [6.45, 7) is 6.02. The number of hydrogen-bond acceptors (Lipinski definition) is 5. The first-order valence-corrected chi connectivity index (χ1v) is 5.53. The molecular formula is C11H18N4O2. The van der Waals surface area contributed by atoms with Crippen LogP contribution in [0.15, 0.2) is 6.07 Å². The Morgan fingerprint density at radius 2 is 2.24 bits per heavy atom. The standard InChI is InChI=1S/C11H18N4O2/c1-5-17-9-6-7(2)13-11(15-9)14-8(3)10(16)12-4/h6,8H,5H2,1-4H3,(H,12,16)(H,13,14,15). The van der Waals surface area contributed by atoms with E-state index in [1.54, 1.807) is 20.0 Å². The van der Waals surface area contributed by atoms with Gasteiger partial charge in [-0.1, -0.05) is 0 Å². The number of likely N-dealkylation sites (N-methyl/N-ethyl adjacent to an activating group) is 1. The fourth-order valence-electron chi connectivity index (χ4n) is 1.30. The first-order valence-electron chi connectivity index (χ1n) is 5.53. The molecule has 1 aromatic heterocycles. The number of carbonyl (C=O) groups excluding carboxylic acids is 1. The molecule has 0 saturated heterocycles. The van der Waals surface area contributed by atoms with Crippen molar-refractivity contribution in [3.05, 3.63) is 11.8 Å². The van der Waals surface area contributed by atoms with Crippen molar-refractivity contribution in [2.45, 2.75) is 26.8 Å². The number of ether oxygens (including phenoxy) is 1. The van der Waals surface area contributed by atoms with Gasteiger partial charge in [-0.15, -0.1) is 0 Å². The van der Waals surface area contributed by atoms with Crippen LogP contribution in [0, 0.1) is 6.92 Å². The molecule has 0 radical (unpaired) electrons. The van der Waals surface area contributed by atoms with Crippen molar-refractivity contribution < 1.29 is 9.53 Å². The predicted octanol–water partition coefficient (Wildman–Crippen LogP) is 0.730. The van der Waals surface area contributed by atoms with Gasteiger partial charge in [-0.25, -0.2) is 4.98 Å². The number of rotatable bonds is 5. The molecule has 1 atom stereocenters. The molecule has 0 bridgehead atoms. The summed E-state index contributed by atoms with van der Waals surface area (Å²) in [7, 11) is 1.59. The molecule has 94 valence electrons. The fraction of sp³-hybridized carbons (Fsp3) is 0.545. The maximum absolute atomic E-state index is 11.4. The second kappa shape index (κ2) is 6.03. The van der Waals surface area contributed by atoms with Crippen molar-refractivity contribution >= 4 is 11.9 Å². The van der Waals surface area contributed by atoms with E-state index < -0.39 is 6.04 Å². The molecule has 17 heavy (non-hydrogen) atoms. The van der Waals surface area contributed by atoms with Crippen molar-refractivity contribution in [1.29, 1.82) is 0 Å². The summed E-state index contributed by atoms with van der Waals surface area (Å²) in [5.41, 5.74) is 0.787. The Labute approximate surface area is 101 Å². The SMILES string of the molecule is CCOc1cc(C)nc(NC(C)C(=O)NC)n1. The van der Waals surface area contributed by atoms with Crippen molar-refractivity contribution in [3.8, 4) is 5.88 Å². The Balaban J connectivity index is 2.80. The van der Waals surface area contributed by atoms with Crippen LogP contribution >= 0.6 is 0 Å². The summed E-state index contributed by atoms with van der Waals surface area (Å²) in [5, 5.41) is 5.47. The summed E-state index contributed by atoms with van der Waals surface area (Å²) in [6, 6.07) is 1.36. The summed E-state index contributed by atoms with van der Waals surface area (Å²) in [6.07, 6.45) is 0. The van der Waals surface area contributed by atoms with Crippen molar-refractivity contribution in [2.75, 3.05) is 19.0 Å². The van der Waals surface area contributed by atoms with E-state index in [9.17, 15) is 4.79 Å². The van der Waals surface area contributed by atoms with Crippen LogP contribution in [0.5, 0.6) is 5.88 Å². The zero-order valence-corrected chi connectivity index (χ0v) is 10.6. The second-order valence-corrected chi connectivity index (χ2v) is 3.58. The average molecular weight is 238 g/mol. The normalized spacial score (nSPS) is 11.8. The smallest absolute Gasteiger partial charge is 0.242 e. The third kappa shape index (κ3) is 3.90. The van der Waals surface area contributed by atoms with Crippen LogP contribution in [0.4, 0.5) is 5.95 Å². The summed E-state index contributed by atoms with van der Waals surface area (Å²) >= 11 is 0. The van der Waals surface area contributed by atoms with Gasteiger partial charge in [0.15, 0.2) is 0 Å². The molecule has 6 nitrogen and oxygen atoms in total. The molecule has 0 spiro atoms. The van der Waals surface area contributed by atoms with Gasteiger partial charge in [0, 0.05) is 18.8 Å². The number of nitrogens with zero attached hydrogens (tertiary/aromatic N) is 2. The van der Waals surface area contributed by atoms with E-state index in [0.29, 0.717) is 18.4 Å². The Morgan fingerprint density at radius 1 is 1.53 bits per heavy atom. The maximum atomic E-state index is 11.4. The molecule has 0 fully saturated rings. The van der Waals surface area contributed by atoms with Gasteiger partial charge in [0.05, 0.1) is 6.61 Å². The number of carbonyl (C=O) groups is 1. The lowest BCUT2D eigenvalue weighted by Gasteiger charge is -2.13. The molecule has 1 heterocycles. The lowest BCUT2D eigenvalue weighted by atomic mass is 10.3. The fourth-order valence-corrected chi connectivity index (χ4v) is 1.30. The molecule has 0 saturated carbocycles. The zero-order valence-electron chi connectivity index (χ0n) is 10.6. The lowest BCUT2D eigenvalue weighted by Crippen LogP contribution is -2.35. The first kappa shape index (κ1) is 13.2. The maximum Gasteiger partial charge on any atom is 0.242 e. The number of aryl methyl sites for hydroxylation is 1. The Bertz CT molecular complexity index is 395. The molecule has 2 N–H and O–H groups in total. The summed E-state index contributed by atoms with van der Waals surface area (Å²) < 4.78 is 5.30. The quantitative estimate of drug-likeness (QED) is 0.791. The summed E-state index contributed by atoms with van der Waals surface area (Å²) in [5.74, 6) is 0.782. The van der Waals surface area contributed by atoms with Gasteiger partial charge >= 0.3 is 0 Å². The molecule has 1 aromatic rings. The van der Waals surface area contributed by atoms with E-state index in [0.717, 1.165) is 5.69 Å². The van der Waals surface area contributed by atoms with Crippen LogP contribution < -0.4 is 15.4 Å². The van der Waals surface area contributed by atoms with Crippen LogP contribution in [0.25, 0.3) is 0 Å². The van der Waals surface area contributed by atoms with Crippen molar-refractivity contribution in [2.24, 2.45) is 0 Å². The van der Waals surface area contributed by atoms with Gasteiger partial charge in [-0.3, -0.25) is 4.79 Å². The van der Waals surface area contributed by atoms with E-state index >= 15 is 0 Å². The molecule has 1 amide bonds.